The Balaban J connectivity index is 2.09. The highest BCUT2D eigenvalue weighted by atomic mass is 32.2. The first kappa shape index (κ1) is 18.7. The smallest absolute Gasteiger partial charge is 0.349 e. The lowest BCUT2D eigenvalue weighted by molar-refractivity contribution is -0.183. The van der Waals surface area contributed by atoms with Crippen LogP contribution >= 0.6 is 0 Å². The number of amides is 1. The maximum atomic E-state index is 12.8. The van der Waals surface area contributed by atoms with E-state index in [2.05, 4.69) is 10.0 Å². The van der Waals surface area contributed by atoms with E-state index in [1.165, 1.54) is 31.3 Å². The molecule has 0 radical (unpaired) electrons. The number of halogens is 3. The maximum Gasteiger partial charge on any atom is 0.391 e. The van der Waals surface area contributed by atoms with Gasteiger partial charge in [0.05, 0.1) is 10.8 Å². The number of benzene rings is 1. The maximum absolute atomic E-state index is 12.8. The molecule has 0 aliphatic heterocycles. The summed E-state index contributed by atoms with van der Waals surface area (Å²) in [6, 6.07) is 4.81. The van der Waals surface area contributed by atoms with Crippen molar-refractivity contribution in [3.63, 3.8) is 0 Å². The average Bonchev–Trinajstić information content (AvgIpc) is 2.54. The van der Waals surface area contributed by atoms with E-state index in [1.807, 2.05) is 0 Å². The van der Waals surface area contributed by atoms with Crippen LogP contribution in [-0.4, -0.2) is 33.6 Å². The van der Waals surface area contributed by atoms with Gasteiger partial charge in [0.15, 0.2) is 0 Å². The molecule has 9 heteroatoms. The number of hydrogen-bond acceptors (Lipinski definition) is 3. The van der Waals surface area contributed by atoms with E-state index in [1.54, 1.807) is 0 Å². The third-order valence-electron chi connectivity index (χ3n) is 4.15. The van der Waals surface area contributed by atoms with E-state index in [0.717, 1.165) is 0 Å². The lowest BCUT2D eigenvalue weighted by atomic mass is 9.85. The molecule has 2 atom stereocenters. The zero-order valence-corrected chi connectivity index (χ0v) is 13.9. The molecular weight excluding hydrogens is 345 g/mol. The summed E-state index contributed by atoms with van der Waals surface area (Å²) in [6.07, 6.45) is -3.46. The summed E-state index contributed by atoms with van der Waals surface area (Å²) in [6.45, 7) is 0. The molecule has 0 aromatic heterocycles. The second kappa shape index (κ2) is 7.10. The third kappa shape index (κ3) is 4.47. The molecular formula is C15H19F3N2O3S. The summed E-state index contributed by atoms with van der Waals surface area (Å²) < 4.78 is 64.1. The fraction of sp³-hybridized carbons (Fsp3) is 0.533. The van der Waals surface area contributed by atoms with Gasteiger partial charge in [-0.25, -0.2) is 13.1 Å². The fourth-order valence-corrected chi connectivity index (χ4v) is 3.58. The highest BCUT2D eigenvalue weighted by molar-refractivity contribution is 7.89. The molecule has 0 bridgehead atoms. The van der Waals surface area contributed by atoms with Crippen molar-refractivity contribution < 1.29 is 26.4 Å². The van der Waals surface area contributed by atoms with Crippen LogP contribution in [0.1, 0.15) is 36.0 Å². The Hall–Kier alpha value is -1.61. The van der Waals surface area contributed by atoms with Gasteiger partial charge in [0.25, 0.3) is 5.91 Å². The number of alkyl halides is 3. The van der Waals surface area contributed by atoms with Gasteiger partial charge in [-0.2, -0.15) is 13.2 Å². The largest absolute Gasteiger partial charge is 0.391 e. The molecule has 2 N–H and O–H groups in total. The lowest BCUT2D eigenvalue weighted by Crippen LogP contribution is -2.41. The second-order valence-electron chi connectivity index (χ2n) is 5.81. The van der Waals surface area contributed by atoms with Crippen LogP contribution < -0.4 is 10.0 Å². The van der Waals surface area contributed by atoms with E-state index in [4.69, 9.17) is 0 Å². The molecule has 24 heavy (non-hydrogen) atoms. The van der Waals surface area contributed by atoms with Gasteiger partial charge in [-0.05, 0) is 44.5 Å². The average molecular weight is 364 g/mol. The van der Waals surface area contributed by atoms with Crippen molar-refractivity contribution >= 4 is 15.9 Å². The molecule has 1 aliphatic rings. The Morgan fingerprint density at radius 2 is 1.96 bits per heavy atom. The van der Waals surface area contributed by atoms with E-state index in [0.29, 0.717) is 12.8 Å². The summed E-state index contributed by atoms with van der Waals surface area (Å²) in [5, 5.41) is 2.58. The summed E-state index contributed by atoms with van der Waals surface area (Å²) in [4.78, 5) is 12.2. The fourth-order valence-electron chi connectivity index (χ4n) is 2.81. The van der Waals surface area contributed by atoms with Gasteiger partial charge in [0.2, 0.25) is 10.0 Å². The minimum atomic E-state index is -4.26. The molecule has 1 saturated carbocycles. The Morgan fingerprint density at radius 3 is 2.58 bits per heavy atom. The predicted octanol–water partition coefficient (Wildman–Crippen LogP) is 2.45. The van der Waals surface area contributed by atoms with Crippen molar-refractivity contribution in [2.75, 3.05) is 7.05 Å². The molecule has 1 fully saturated rings. The molecule has 0 saturated heterocycles. The van der Waals surface area contributed by atoms with Crippen molar-refractivity contribution in [3.8, 4) is 0 Å². The Bertz CT molecular complexity index is 704. The van der Waals surface area contributed by atoms with Gasteiger partial charge < -0.3 is 5.32 Å². The summed E-state index contributed by atoms with van der Waals surface area (Å²) in [7, 11) is -2.44. The number of carbonyl (C=O) groups is 1. The molecule has 5 nitrogen and oxygen atoms in total. The van der Waals surface area contributed by atoms with E-state index < -0.39 is 34.1 Å². The second-order valence-corrected chi connectivity index (χ2v) is 7.70. The molecule has 1 amide bonds. The molecule has 1 aliphatic carbocycles. The standard InChI is InChI=1S/C15H19F3N2O3S/c1-19-24(22,23)13-7-2-4-10(8-13)14(21)20-12-6-3-5-11(9-12)15(16,17)18/h2,4,7-8,11-12,19H,3,5-6,9H2,1H3,(H,20,21). The topological polar surface area (TPSA) is 75.3 Å². The molecule has 0 heterocycles. The summed E-state index contributed by atoms with van der Waals surface area (Å²) in [5.74, 6) is -1.98. The lowest BCUT2D eigenvalue weighted by Gasteiger charge is -2.31. The molecule has 134 valence electrons. The van der Waals surface area contributed by atoms with E-state index in [-0.39, 0.29) is 23.3 Å². The summed E-state index contributed by atoms with van der Waals surface area (Å²) >= 11 is 0. The number of sulfonamides is 1. The Morgan fingerprint density at radius 1 is 1.25 bits per heavy atom. The normalized spacial score (nSPS) is 22.2. The van der Waals surface area contributed by atoms with E-state index >= 15 is 0 Å². The number of hydrogen-bond donors (Lipinski definition) is 2. The third-order valence-corrected chi connectivity index (χ3v) is 5.56. The van der Waals surface area contributed by atoms with Crippen LogP contribution in [-0.2, 0) is 10.0 Å². The van der Waals surface area contributed by atoms with Gasteiger partial charge in [-0.3, -0.25) is 4.79 Å². The number of carbonyl (C=O) groups excluding carboxylic acids is 1. The van der Waals surface area contributed by atoms with Gasteiger partial charge in [0.1, 0.15) is 0 Å². The minimum Gasteiger partial charge on any atom is -0.349 e. The Labute approximate surface area is 138 Å². The molecule has 1 aromatic rings. The van der Waals surface area contributed by atoms with Crippen LogP contribution in [0.25, 0.3) is 0 Å². The minimum absolute atomic E-state index is 0.0746. The molecule has 2 rings (SSSR count). The first-order valence-electron chi connectivity index (χ1n) is 7.54. The van der Waals surface area contributed by atoms with Crippen molar-refractivity contribution in [2.24, 2.45) is 5.92 Å². The number of rotatable bonds is 4. The zero-order chi connectivity index (χ0) is 18.0. The van der Waals surface area contributed by atoms with Crippen LogP contribution in [0.15, 0.2) is 29.2 Å². The van der Waals surface area contributed by atoms with Gasteiger partial charge in [-0.15, -0.1) is 0 Å². The van der Waals surface area contributed by atoms with Crippen LogP contribution in [0.5, 0.6) is 0 Å². The highest BCUT2D eigenvalue weighted by Gasteiger charge is 2.42. The molecule has 1 aromatic carbocycles. The van der Waals surface area contributed by atoms with Gasteiger partial charge in [0, 0.05) is 11.6 Å². The van der Waals surface area contributed by atoms with Crippen molar-refractivity contribution in [1.82, 2.24) is 10.0 Å². The van der Waals surface area contributed by atoms with Crippen molar-refractivity contribution in [2.45, 2.75) is 42.8 Å². The predicted molar refractivity (Wildman–Crippen MR) is 82.0 cm³/mol. The number of nitrogens with one attached hydrogen (secondary N) is 2. The van der Waals surface area contributed by atoms with Crippen molar-refractivity contribution in [1.29, 1.82) is 0 Å². The van der Waals surface area contributed by atoms with Crippen LogP contribution in [0.4, 0.5) is 13.2 Å². The van der Waals surface area contributed by atoms with Crippen molar-refractivity contribution in [3.05, 3.63) is 29.8 Å². The van der Waals surface area contributed by atoms with E-state index in [9.17, 15) is 26.4 Å². The highest BCUT2D eigenvalue weighted by Crippen LogP contribution is 2.37. The summed E-state index contributed by atoms with van der Waals surface area (Å²) in [5.41, 5.74) is 0.0976. The van der Waals surface area contributed by atoms with Crippen LogP contribution in [0, 0.1) is 5.92 Å². The SMILES string of the molecule is CNS(=O)(=O)c1cccc(C(=O)NC2CCCC(C(F)(F)F)C2)c1. The molecule has 2 unspecified atom stereocenters. The quantitative estimate of drug-likeness (QED) is 0.862. The zero-order valence-electron chi connectivity index (χ0n) is 13.1. The van der Waals surface area contributed by atoms with Gasteiger partial charge >= 0.3 is 6.18 Å². The monoisotopic (exact) mass is 364 g/mol. The Kier molecular flexibility index (Phi) is 5.54. The first-order chi connectivity index (χ1) is 11.1. The van der Waals surface area contributed by atoms with Gasteiger partial charge in [-0.1, -0.05) is 12.5 Å². The molecule has 0 spiro atoms. The van der Waals surface area contributed by atoms with Crippen LogP contribution in [0.2, 0.25) is 0 Å². The first-order valence-corrected chi connectivity index (χ1v) is 9.03. The van der Waals surface area contributed by atoms with Crippen LogP contribution in [0.3, 0.4) is 0 Å².